The van der Waals surface area contributed by atoms with E-state index in [9.17, 15) is 19.2 Å². The first-order chi connectivity index (χ1) is 14.5. The molecule has 30 heavy (non-hydrogen) atoms. The lowest BCUT2D eigenvalue weighted by molar-refractivity contribution is -0.125. The molecule has 1 heterocycles. The van der Waals surface area contributed by atoms with Crippen molar-refractivity contribution in [2.75, 3.05) is 19.1 Å². The number of esters is 1. The van der Waals surface area contributed by atoms with Gasteiger partial charge in [-0.1, -0.05) is 24.3 Å². The smallest absolute Gasteiger partial charge is 0.337 e. The zero-order valence-corrected chi connectivity index (χ0v) is 17.5. The number of thioether (sulfide) groups is 1. The van der Waals surface area contributed by atoms with Crippen molar-refractivity contribution in [3.05, 3.63) is 70.8 Å². The van der Waals surface area contributed by atoms with Gasteiger partial charge in [-0.2, -0.15) is 11.8 Å². The maximum Gasteiger partial charge on any atom is 0.337 e. The van der Waals surface area contributed by atoms with E-state index >= 15 is 0 Å². The van der Waals surface area contributed by atoms with Crippen LogP contribution >= 0.6 is 11.8 Å². The highest BCUT2D eigenvalue weighted by Gasteiger charge is 2.42. The van der Waals surface area contributed by atoms with Gasteiger partial charge in [0.1, 0.15) is 6.04 Å². The summed E-state index contributed by atoms with van der Waals surface area (Å²) >= 11 is 1.54. The van der Waals surface area contributed by atoms with Crippen molar-refractivity contribution in [3.63, 3.8) is 0 Å². The Morgan fingerprint density at radius 3 is 2.17 bits per heavy atom. The third kappa shape index (κ3) is 4.38. The number of carbonyl (C=O) groups excluding carboxylic acids is 4. The predicted octanol–water partition coefficient (Wildman–Crippen LogP) is 2.51. The van der Waals surface area contributed by atoms with Crippen LogP contribution in [0.4, 0.5) is 0 Å². The molecule has 3 amide bonds. The van der Waals surface area contributed by atoms with Crippen LogP contribution in [0.1, 0.15) is 43.1 Å². The van der Waals surface area contributed by atoms with Gasteiger partial charge in [0.15, 0.2) is 0 Å². The van der Waals surface area contributed by atoms with Gasteiger partial charge in [-0.3, -0.25) is 19.3 Å². The van der Waals surface area contributed by atoms with Gasteiger partial charge in [-0.25, -0.2) is 4.79 Å². The van der Waals surface area contributed by atoms with Gasteiger partial charge in [0.2, 0.25) is 5.91 Å². The maximum absolute atomic E-state index is 12.9. The van der Waals surface area contributed by atoms with E-state index in [2.05, 4.69) is 10.1 Å². The van der Waals surface area contributed by atoms with Crippen LogP contribution in [0.25, 0.3) is 0 Å². The molecule has 0 saturated heterocycles. The second-order valence-corrected chi connectivity index (χ2v) is 7.72. The number of amides is 3. The van der Waals surface area contributed by atoms with Gasteiger partial charge in [0.05, 0.1) is 23.8 Å². The fraction of sp³-hybridized carbons (Fsp3) is 0.273. The van der Waals surface area contributed by atoms with Crippen molar-refractivity contribution in [1.82, 2.24) is 10.2 Å². The summed E-state index contributed by atoms with van der Waals surface area (Å²) < 4.78 is 4.67. The van der Waals surface area contributed by atoms with Crippen LogP contribution in [-0.4, -0.2) is 53.8 Å². The number of nitrogens with zero attached hydrogens (tertiary/aromatic N) is 1. The monoisotopic (exact) mass is 426 g/mol. The molecule has 2 aromatic rings. The fourth-order valence-corrected chi connectivity index (χ4v) is 3.74. The molecule has 1 aliphatic rings. The lowest BCUT2D eigenvalue weighted by atomic mass is 10.1. The number of nitrogens with one attached hydrogen (secondary N) is 1. The van der Waals surface area contributed by atoms with E-state index in [4.69, 9.17) is 0 Å². The van der Waals surface area contributed by atoms with Crippen molar-refractivity contribution >= 4 is 35.5 Å². The predicted molar refractivity (Wildman–Crippen MR) is 113 cm³/mol. The van der Waals surface area contributed by atoms with Crippen LogP contribution < -0.4 is 5.32 Å². The first-order valence-corrected chi connectivity index (χ1v) is 10.8. The quantitative estimate of drug-likeness (QED) is 0.515. The molecule has 8 heteroatoms. The van der Waals surface area contributed by atoms with E-state index in [-0.39, 0.29) is 6.54 Å². The Labute approximate surface area is 178 Å². The van der Waals surface area contributed by atoms with E-state index in [0.29, 0.717) is 28.9 Å². The third-order valence-electron chi connectivity index (χ3n) is 4.88. The number of rotatable bonds is 8. The molecule has 0 aromatic heterocycles. The standard InChI is InChI=1S/C22H22N2O5S/c1-29-22(28)15-9-7-14(8-10-15)13-23-19(25)18(11-12-30-2)24-20(26)16-5-3-4-6-17(16)21(24)27/h3-10,18H,11-13H2,1-2H3,(H,23,25)/t18-/m1/s1. The minimum absolute atomic E-state index is 0.208. The first-order valence-electron chi connectivity index (χ1n) is 9.38. The average molecular weight is 426 g/mol. The van der Waals surface area contributed by atoms with Crippen molar-refractivity contribution in [1.29, 1.82) is 0 Å². The van der Waals surface area contributed by atoms with Gasteiger partial charge in [0, 0.05) is 6.54 Å². The summed E-state index contributed by atoms with van der Waals surface area (Å²) in [6.07, 6.45) is 2.26. The maximum atomic E-state index is 12.9. The molecule has 2 aromatic carbocycles. The van der Waals surface area contributed by atoms with E-state index < -0.39 is 29.7 Å². The molecule has 7 nitrogen and oxygen atoms in total. The largest absolute Gasteiger partial charge is 0.465 e. The van der Waals surface area contributed by atoms with Gasteiger partial charge in [-0.15, -0.1) is 0 Å². The fourth-order valence-electron chi connectivity index (χ4n) is 3.28. The van der Waals surface area contributed by atoms with Gasteiger partial charge >= 0.3 is 5.97 Å². The minimum Gasteiger partial charge on any atom is -0.465 e. The molecule has 3 rings (SSSR count). The molecular weight excluding hydrogens is 404 g/mol. The molecule has 1 N–H and O–H groups in total. The number of fused-ring (bicyclic) bond motifs is 1. The van der Waals surface area contributed by atoms with Crippen LogP contribution in [0.5, 0.6) is 0 Å². The zero-order chi connectivity index (χ0) is 21.7. The van der Waals surface area contributed by atoms with Crippen molar-refractivity contribution < 1.29 is 23.9 Å². The first kappa shape index (κ1) is 21.6. The van der Waals surface area contributed by atoms with Crippen LogP contribution in [0.2, 0.25) is 0 Å². The molecular formula is C22H22N2O5S. The highest BCUT2D eigenvalue weighted by Crippen LogP contribution is 2.26. The summed E-state index contributed by atoms with van der Waals surface area (Å²) in [6, 6.07) is 12.4. The highest BCUT2D eigenvalue weighted by molar-refractivity contribution is 7.98. The van der Waals surface area contributed by atoms with Crippen LogP contribution in [-0.2, 0) is 16.1 Å². The van der Waals surface area contributed by atoms with Crippen LogP contribution in [0.15, 0.2) is 48.5 Å². The van der Waals surface area contributed by atoms with E-state index in [1.54, 1.807) is 60.3 Å². The van der Waals surface area contributed by atoms with E-state index in [1.807, 2.05) is 6.26 Å². The molecule has 0 aliphatic carbocycles. The van der Waals surface area contributed by atoms with Crippen molar-refractivity contribution in [3.8, 4) is 0 Å². The normalized spacial score (nSPS) is 13.7. The van der Waals surface area contributed by atoms with Crippen molar-refractivity contribution in [2.24, 2.45) is 0 Å². The summed E-state index contributed by atoms with van der Waals surface area (Å²) in [7, 11) is 1.31. The van der Waals surface area contributed by atoms with Crippen LogP contribution in [0.3, 0.4) is 0 Å². The zero-order valence-electron chi connectivity index (χ0n) is 16.7. The average Bonchev–Trinajstić information content (AvgIpc) is 3.03. The molecule has 0 saturated carbocycles. The summed E-state index contributed by atoms with van der Waals surface area (Å²) in [4.78, 5) is 51.1. The number of methoxy groups -OCH3 is 1. The topological polar surface area (TPSA) is 92.8 Å². The summed E-state index contributed by atoms with van der Waals surface area (Å²) in [5.41, 5.74) is 1.84. The molecule has 1 atom stereocenters. The Hall–Kier alpha value is -3.13. The molecule has 1 aliphatic heterocycles. The molecule has 156 valence electrons. The second kappa shape index (κ2) is 9.58. The number of hydrogen-bond donors (Lipinski definition) is 1. The highest BCUT2D eigenvalue weighted by atomic mass is 32.2. The van der Waals surface area contributed by atoms with Gasteiger partial charge in [-0.05, 0) is 48.3 Å². The minimum atomic E-state index is -0.890. The molecule has 0 spiro atoms. The second-order valence-electron chi connectivity index (χ2n) is 6.73. The Kier molecular flexibility index (Phi) is 6.89. The van der Waals surface area contributed by atoms with Crippen LogP contribution in [0, 0.1) is 0 Å². The van der Waals surface area contributed by atoms with E-state index in [1.165, 1.54) is 7.11 Å². The third-order valence-corrected chi connectivity index (χ3v) is 5.52. The number of imide groups is 1. The van der Waals surface area contributed by atoms with Gasteiger partial charge in [0.25, 0.3) is 11.8 Å². The summed E-state index contributed by atoms with van der Waals surface area (Å²) in [6.45, 7) is 0.208. The summed E-state index contributed by atoms with van der Waals surface area (Å²) in [5, 5.41) is 2.80. The SMILES string of the molecule is COC(=O)c1ccc(CNC(=O)[C@@H](CCSC)N2C(=O)c3ccccc3C2=O)cc1. The lowest BCUT2D eigenvalue weighted by Crippen LogP contribution is -2.49. The van der Waals surface area contributed by atoms with Gasteiger partial charge < -0.3 is 10.1 Å². The number of hydrogen-bond acceptors (Lipinski definition) is 6. The molecule has 0 radical (unpaired) electrons. The number of ether oxygens (including phenoxy) is 1. The van der Waals surface area contributed by atoms with E-state index in [0.717, 1.165) is 10.5 Å². The Morgan fingerprint density at radius 1 is 1.03 bits per heavy atom. The molecule has 0 fully saturated rings. The number of benzene rings is 2. The van der Waals surface area contributed by atoms with Crippen molar-refractivity contribution in [2.45, 2.75) is 19.0 Å². The Bertz CT molecular complexity index is 939. The number of carbonyl (C=O) groups is 4. The summed E-state index contributed by atoms with van der Waals surface area (Å²) in [5.74, 6) is -1.10. The molecule has 0 unspecified atom stereocenters. The molecule has 0 bridgehead atoms. The Balaban J connectivity index is 1.73. The lowest BCUT2D eigenvalue weighted by Gasteiger charge is -2.25. The Morgan fingerprint density at radius 2 is 1.63 bits per heavy atom.